The zero-order chi connectivity index (χ0) is 25.8. The highest BCUT2D eigenvalue weighted by Gasteiger charge is 2.32. The number of rotatable bonds is 7. The van der Waals surface area contributed by atoms with E-state index in [-0.39, 0.29) is 24.8 Å². The van der Waals surface area contributed by atoms with Gasteiger partial charge in [0.1, 0.15) is 6.54 Å². The highest BCUT2D eigenvalue weighted by Crippen LogP contribution is 2.34. The maximum absolute atomic E-state index is 14.0. The van der Waals surface area contributed by atoms with E-state index in [2.05, 4.69) is 0 Å². The van der Waals surface area contributed by atoms with Crippen molar-refractivity contribution in [3.8, 4) is 16.9 Å². The largest absolute Gasteiger partial charge is 0.465 e. The van der Waals surface area contributed by atoms with Crippen LogP contribution in [-0.2, 0) is 9.53 Å². The molecule has 1 aliphatic heterocycles. The highest BCUT2D eigenvalue weighted by molar-refractivity contribution is 6.35. The number of esters is 1. The monoisotopic (exact) mass is 548 g/mol. The number of halogens is 3. The number of nitrogens with zero attached hydrogens (tertiary/aromatic N) is 4. The molecule has 1 saturated heterocycles. The molecule has 2 aromatic carbocycles. The number of ether oxygens (including phenoxy) is 1. The summed E-state index contributed by atoms with van der Waals surface area (Å²) in [5, 5.41) is 9.57. The third-order valence-corrected chi connectivity index (χ3v) is 6.86. The fraction of sp³-hybridized carbons (Fsp3) is 0.346. The molecule has 0 saturated carbocycles. The van der Waals surface area contributed by atoms with Gasteiger partial charge in [0.25, 0.3) is 5.91 Å². The molecular formula is C26H27Cl3N4O3. The van der Waals surface area contributed by atoms with Crippen molar-refractivity contribution in [1.82, 2.24) is 19.8 Å². The lowest BCUT2D eigenvalue weighted by atomic mass is 10.1. The lowest BCUT2D eigenvalue weighted by molar-refractivity contribution is -0.148. The van der Waals surface area contributed by atoms with Gasteiger partial charge in [-0.2, -0.15) is 5.10 Å². The number of aromatic nitrogens is 2. The van der Waals surface area contributed by atoms with E-state index in [0.29, 0.717) is 45.1 Å². The van der Waals surface area contributed by atoms with Crippen molar-refractivity contribution in [3.05, 3.63) is 68.8 Å². The molecule has 4 rings (SSSR count). The van der Waals surface area contributed by atoms with Crippen molar-refractivity contribution in [1.29, 1.82) is 0 Å². The minimum Gasteiger partial charge on any atom is -0.465 e. The molecule has 1 fully saturated rings. The standard InChI is InChI=1S/C26H27Cl3N4O3/c1-3-36-23(34)16-32(31-13-5-4-6-14-31)26(35)24-17(2)25(18-7-9-19(27)10-8-18)33(30-24)22-12-11-20(28)15-21(22)29/h7-12,15H,3-6,13-14,16H2,1-2H3. The van der Waals surface area contributed by atoms with Crippen LogP contribution in [0.15, 0.2) is 42.5 Å². The summed E-state index contributed by atoms with van der Waals surface area (Å²) in [6.45, 7) is 4.99. The molecule has 10 heteroatoms. The Bertz CT molecular complexity index is 1250. The van der Waals surface area contributed by atoms with Crippen LogP contribution >= 0.6 is 34.8 Å². The molecule has 1 aromatic heterocycles. The Labute approximate surface area is 225 Å². The van der Waals surface area contributed by atoms with Gasteiger partial charge in [0.05, 0.1) is 23.0 Å². The van der Waals surface area contributed by atoms with Crippen molar-refractivity contribution in [3.63, 3.8) is 0 Å². The van der Waals surface area contributed by atoms with Crippen LogP contribution in [0, 0.1) is 6.92 Å². The molecule has 0 N–H and O–H groups in total. The van der Waals surface area contributed by atoms with E-state index in [1.165, 1.54) is 5.01 Å². The number of piperidine rings is 1. The van der Waals surface area contributed by atoms with E-state index in [9.17, 15) is 9.59 Å². The number of carbonyl (C=O) groups is 2. The average Bonchev–Trinajstić information content (AvgIpc) is 3.20. The Morgan fingerprint density at radius 3 is 2.31 bits per heavy atom. The van der Waals surface area contributed by atoms with Gasteiger partial charge in [-0.25, -0.2) is 9.69 Å². The van der Waals surface area contributed by atoms with E-state index < -0.39 is 5.97 Å². The number of amides is 1. The Morgan fingerprint density at radius 1 is 1.00 bits per heavy atom. The molecule has 0 spiro atoms. The number of hydrogen-bond acceptors (Lipinski definition) is 5. The molecule has 0 radical (unpaired) electrons. The number of hydrogen-bond donors (Lipinski definition) is 0. The van der Waals surface area contributed by atoms with E-state index in [1.54, 1.807) is 41.9 Å². The fourth-order valence-corrected chi connectivity index (χ4v) is 4.96. The van der Waals surface area contributed by atoms with Gasteiger partial charge in [-0.05, 0) is 57.0 Å². The van der Waals surface area contributed by atoms with Crippen LogP contribution < -0.4 is 0 Å². The van der Waals surface area contributed by atoms with Gasteiger partial charge in [0.15, 0.2) is 5.69 Å². The Hall–Kier alpha value is -2.58. The summed E-state index contributed by atoms with van der Waals surface area (Å²) >= 11 is 18.8. The van der Waals surface area contributed by atoms with Crippen molar-refractivity contribution < 1.29 is 14.3 Å². The second-order valence-corrected chi connectivity index (χ2v) is 9.80. The second kappa shape index (κ2) is 11.6. The van der Waals surface area contributed by atoms with E-state index >= 15 is 0 Å². The molecule has 1 amide bonds. The SMILES string of the molecule is CCOC(=O)CN(C(=O)c1nn(-c2ccc(Cl)cc2Cl)c(-c2ccc(Cl)cc2)c1C)N1CCCCC1. The molecule has 2 heterocycles. The smallest absolute Gasteiger partial charge is 0.327 e. The molecule has 7 nitrogen and oxygen atoms in total. The average molecular weight is 550 g/mol. The molecule has 190 valence electrons. The lowest BCUT2D eigenvalue weighted by Crippen LogP contribution is -2.51. The Kier molecular flexibility index (Phi) is 8.57. The summed E-state index contributed by atoms with van der Waals surface area (Å²) in [5.74, 6) is -0.839. The quantitative estimate of drug-likeness (QED) is 0.328. The van der Waals surface area contributed by atoms with Crippen molar-refractivity contribution in [2.45, 2.75) is 33.1 Å². The fourth-order valence-electron chi connectivity index (χ4n) is 4.34. The Morgan fingerprint density at radius 2 is 1.67 bits per heavy atom. The van der Waals surface area contributed by atoms with Gasteiger partial charge in [0.2, 0.25) is 0 Å². The first-order valence-electron chi connectivity index (χ1n) is 11.8. The molecule has 0 aliphatic carbocycles. The summed E-state index contributed by atoms with van der Waals surface area (Å²) in [6.07, 6.45) is 2.97. The molecule has 1 aliphatic rings. The maximum Gasteiger partial charge on any atom is 0.327 e. The molecule has 0 unspecified atom stereocenters. The summed E-state index contributed by atoms with van der Waals surface area (Å²) in [6, 6.07) is 12.4. The zero-order valence-corrected chi connectivity index (χ0v) is 22.4. The van der Waals surface area contributed by atoms with Crippen LogP contribution in [0.3, 0.4) is 0 Å². The topological polar surface area (TPSA) is 67.7 Å². The van der Waals surface area contributed by atoms with Crippen molar-refractivity contribution in [2.75, 3.05) is 26.2 Å². The van der Waals surface area contributed by atoms with Gasteiger partial charge < -0.3 is 4.74 Å². The summed E-state index contributed by atoms with van der Waals surface area (Å²) in [7, 11) is 0. The van der Waals surface area contributed by atoms with Gasteiger partial charge in [-0.15, -0.1) is 0 Å². The van der Waals surface area contributed by atoms with E-state index in [4.69, 9.17) is 44.6 Å². The second-order valence-electron chi connectivity index (χ2n) is 8.52. The van der Waals surface area contributed by atoms with Crippen LogP contribution in [0.5, 0.6) is 0 Å². The zero-order valence-electron chi connectivity index (χ0n) is 20.1. The van der Waals surface area contributed by atoms with Crippen molar-refractivity contribution in [2.24, 2.45) is 0 Å². The highest BCUT2D eigenvalue weighted by atomic mass is 35.5. The minimum atomic E-state index is -0.466. The van der Waals surface area contributed by atoms with Gasteiger partial charge >= 0.3 is 5.97 Å². The lowest BCUT2D eigenvalue weighted by Gasteiger charge is -2.36. The van der Waals surface area contributed by atoms with Crippen LogP contribution in [0.2, 0.25) is 15.1 Å². The molecule has 0 atom stereocenters. The Balaban J connectivity index is 1.83. The first-order valence-corrected chi connectivity index (χ1v) is 13.0. The summed E-state index contributed by atoms with van der Waals surface area (Å²) < 4.78 is 6.80. The van der Waals surface area contributed by atoms with Crippen LogP contribution in [0.1, 0.15) is 42.2 Å². The number of hydrazine groups is 1. The molecule has 36 heavy (non-hydrogen) atoms. The first kappa shape index (κ1) is 26.5. The van der Waals surface area contributed by atoms with Crippen LogP contribution in [0.4, 0.5) is 0 Å². The summed E-state index contributed by atoms with van der Waals surface area (Å²) in [5.41, 5.74) is 2.95. The van der Waals surface area contributed by atoms with Gasteiger partial charge in [0, 0.05) is 34.3 Å². The predicted molar refractivity (Wildman–Crippen MR) is 142 cm³/mol. The number of carbonyl (C=O) groups excluding carboxylic acids is 2. The maximum atomic E-state index is 14.0. The van der Waals surface area contributed by atoms with Crippen LogP contribution in [0.25, 0.3) is 16.9 Å². The van der Waals surface area contributed by atoms with E-state index in [1.807, 2.05) is 24.1 Å². The molecular weight excluding hydrogens is 523 g/mol. The normalized spacial score (nSPS) is 14.0. The van der Waals surface area contributed by atoms with Crippen molar-refractivity contribution >= 4 is 46.7 Å². The third-order valence-electron chi connectivity index (χ3n) is 6.07. The number of benzene rings is 2. The first-order chi connectivity index (χ1) is 17.3. The summed E-state index contributed by atoms with van der Waals surface area (Å²) in [4.78, 5) is 26.4. The molecule has 3 aromatic rings. The van der Waals surface area contributed by atoms with Gasteiger partial charge in [-0.3, -0.25) is 14.6 Å². The van der Waals surface area contributed by atoms with Crippen LogP contribution in [-0.4, -0.2) is 57.9 Å². The molecule has 0 bridgehead atoms. The predicted octanol–water partition coefficient (Wildman–Crippen LogP) is 6.21. The minimum absolute atomic E-state index is 0.184. The van der Waals surface area contributed by atoms with E-state index in [0.717, 1.165) is 24.8 Å². The van der Waals surface area contributed by atoms with Gasteiger partial charge in [-0.1, -0.05) is 53.4 Å². The third kappa shape index (κ3) is 5.70.